The Balaban J connectivity index is -0.0000000200. The monoisotopic (exact) mass is 182 g/mol. The third-order valence-electron chi connectivity index (χ3n) is 0. The fourth-order valence-corrected chi connectivity index (χ4v) is 0. The van der Waals surface area contributed by atoms with Gasteiger partial charge < -0.3 is 29.3 Å². The van der Waals surface area contributed by atoms with Crippen LogP contribution >= 0.6 is 0 Å². The van der Waals surface area contributed by atoms with Crippen LogP contribution in [0.1, 0.15) is 6.92 Å². The molecule has 0 atom stereocenters. The fraction of sp³-hybridized carbons (Fsp3) is 0.333. The van der Waals surface area contributed by atoms with Crippen molar-refractivity contribution in [1.29, 1.82) is 0 Å². The van der Waals surface area contributed by atoms with Crippen molar-refractivity contribution in [2.45, 2.75) is 6.92 Å². The van der Waals surface area contributed by atoms with Gasteiger partial charge in [0.15, 0.2) is 0 Å². The Morgan fingerprint density at radius 3 is 1.60 bits per heavy atom. The molecule has 24 valence electrons. The van der Waals surface area contributed by atoms with Gasteiger partial charge in [-0.2, -0.15) is 0 Å². The van der Waals surface area contributed by atoms with Gasteiger partial charge in [0.1, 0.15) is 0 Å². The predicted octanol–water partition coefficient (Wildman–Crippen LogP) is -2.40. The molecule has 0 aliphatic carbocycles. The van der Waals surface area contributed by atoms with Crippen LogP contribution < -0.4 is 17.0 Å². The van der Waals surface area contributed by atoms with Crippen LogP contribution in [0.15, 0.2) is 0 Å². The molecule has 0 aromatic heterocycles. The van der Waals surface area contributed by atoms with Gasteiger partial charge in [-0.25, -0.2) is 0 Å². The maximum absolute atomic E-state index is 5.96. The predicted molar refractivity (Wildman–Crippen MR) is 12.8 cm³/mol. The Kier molecular flexibility index (Phi) is 78.5. The molecule has 0 aliphatic heterocycles. The molecule has 0 spiro atoms. The molecule has 0 aromatic rings. The number of hydrogen-bond donors (Lipinski definition) is 0. The Labute approximate surface area is 55.9 Å². The summed E-state index contributed by atoms with van der Waals surface area (Å²) in [5.74, 6) is 2.00. The molecule has 0 rings (SSSR count). The first-order valence-electron chi connectivity index (χ1n) is 0.750. The minimum absolute atomic E-state index is 0. The summed E-state index contributed by atoms with van der Waals surface area (Å²) in [7, 11) is 0. The quantitative estimate of drug-likeness (QED) is 0.224. The van der Waals surface area contributed by atoms with Crippen molar-refractivity contribution in [3.63, 3.8) is 0 Å². The number of rotatable bonds is 0. The summed E-state index contributed by atoms with van der Waals surface area (Å²) in [6.07, 6.45) is 5.96. The number of halogens is 1. The summed E-state index contributed by atoms with van der Waals surface area (Å²) < 4.78 is 0. The maximum Gasteiger partial charge on any atom is 2.00 e. The van der Waals surface area contributed by atoms with Crippen LogP contribution in [0.5, 0.6) is 0 Å². The van der Waals surface area contributed by atoms with Crippen LogP contribution in [-0.4, -0.2) is 0 Å². The third-order valence-corrected chi connectivity index (χ3v) is 0. The molecule has 0 heterocycles. The van der Waals surface area contributed by atoms with E-state index in [4.69, 9.17) is 6.42 Å². The largest absolute Gasteiger partial charge is 2.00 e. The second-order valence-corrected chi connectivity index (χ2v) is 0.250. The molecule has 0 bridgehead atoms. The standard InChI is InChI=1S/C3H3.BrH.Zn/c1-3-2;;/h1H3;1H;/q-1;;+2/p-1. The molecular weight excluding hydrogens is 181 g/mol. The smallest absolute Gasteiger partial charge is 1.00 e. The van der Waals surface area contributed by atoms with Gasteiger partial charge in [0.2, 0.25) is 0 Å². The Bertz CT molecular complexity index is 28.4. The average molecular weight is 184 g/mol. The molecule has 0 radical (unpaired) electrons. The van der Waals surface area contributed by atoms with E-state index in [9.17, 15) is 0 Å². The van der Waals surface area contributed by atoms with E-state index in [2.05, 4.69) is 0 Å². The van der Waals surface area contributed by atoms with Crippen LogP contribution in [0.2, 0.25) is 0 Å². The van der Waals surface area contributed by atoms with E-state index in [-0.39, 0.29) is 36.5 Å². The molecule has 0 unspecified atom stereocenters. The summed E-state index contributed by atoms with van der Waals surface area (Å²) in [6.45, 7) is 1.54. The van der Waals surface area contributed by atoms with E-state index in [1.54, 1.807) is 6.92 Å². The van der Waals surface area contributed by atoms with Crippen molar-refractivity contribution >= 4 is 0 Å². The molecule has 0 amide bonds. The van der Waals surface area contributed by atoms with E-state index >= 15 is 0 Å². The van der Waals surface area contributed by atoms with Gasteiger partial charge in [-0.05, 0) is 6.92 Å². The maximum atomic E-state index is 5.96. The minimum atomic E-state index is 0. The van der Waals surface area contributed by atoms with E-state index in [1.165, 1.54) is 0 Å². The molecular formula is C3H3BrZn. The first-order chi connectivity index (χ1) is 1.41. The van der Waals surface area contributed by atoms with Crippen LogP contribution in [0, 0.1) is 12.3 Å². The molecule has 0 N–H and O–H groups in total. The van der Waals surface area contributed by atoms with Crippen LogP contribution in [0.3, 0.4) is 0 Å². The van der Waals surface area contributed by atoms with Crippen molar-refractivity contribution in [2.24, 2.45) is 0 Å². The summed E-state index contributed by atoms with van der Waals surface area (Å²) in [4.78, 5) is 0. The van der Waals surface area contributed by atoms with Crippen molar-refractivity contribution in [2.75, 3.05) is 0 Å². The zero-order valence-corrected chi connectivity index (χ0v) is 7.64. The molecule has 5 heavy (non-hydrogen) atoms. The average Bonchev–Trinajstić information content (AvgIpc) is 0.918. The topological polar surface area (TPSA) is 0 Å². The second kappa shape index (κ2) is 22.6. The van der Waals surface area contributed by atoms with Gasteiger partial charge in [-0.15, -0.1) is 0 Å². The van der Waals surface area contributed by atoms with Crippen molar-refractivity contribution in [1.82, 2.24) is 0 Å². The second-order valence-electron chi connectivity index (χ2n) is 0.250. The van der Waals surface area contributed by atoms with Crippen molar-refractivity contribution < 1.29 is 36.5 Å². The number of hydrogen-bond acceptors (Lipinski definition) is 0. The molecule has 2 heteroatoms. The van der Waals surface area contributed by atoms with Crippen molar-refractivity contribution in [3.8, 4) is 5.92 Å². The summed E-state index contributed by atoms with van der Waals surface area (Å²) in [5.41, 5.74) is 0. The van der Waals surface area contributed by atoms with E-state index < -0.39 is 0 Å². The van der Waals surface area contributed by atoms with E-state index in [0.29, 0.717) is 0 Å². The minimum Gasteiger partial charge on any atom is -1.00 e. The van der Waals surface area contributed by atoms with Gasteiger partial charge in [-0.1, -0.05) is 0 Å². The SMILES string of the molecule is [Br-].[C-]#CC.[Zn+2]. The first kappa shape index (κ1) is 17.4. The van der Waals surface area contributed by atoms with Gasteiger partial charge in [0.25, 0.3) is 0 Å². The zero-order chi connectivity index (χ0) is 2.71. The van der Waals surface area contributed by atoms with Gasteiger partial charge in [0, 0.05) is 0 Å². The van der Waals surface area contributed by atoms with Crippen LogP contribution in [0.4, 0.5) is 0 Å². The van der Waals surface area contributed by atoms with Crippen LogP contribution in [-0.2, 0) is 19.5 Å². The van der Waals surface area contributed by atoms with E-state index in [0.717, 1.165) is 0 Å². The van der Waals surface area contributed by atoms with E-state index in [1.807, 2.05) is 5.92 Å². The molecule has 0 saturated heterocycles. The summed E-state index contributed by atoms with van der Waals surface area (Å²) in [5, 5.41) is 0. The zero-order valence-electron chi connectivity index (χ0n) is 3.09. The third kappa shape index (κ3) is 75.2. The fourth-order valence-electron chi connectivity index (χ4n) is 0. The first-order valence-corrected chi connectivity index (χ1v) is 0.750. The summed E-state index contributed by atoms with van der Waals surface area (Å²) in [6, 6.07) is 0. The molecule has 0 nitrogen and oxygen atoms in total. The molecule has 0 fully saturated rings. The Morgan fingerprint density at radius 1 is 1.60 bits per heavy atom. The van der Waals surface area contributed by atoms with Crippen LogP contribution in [0.25, 0.3) is 0 Å². The van der Waals surface area contributed by atoms with Gasteiger partial charge in [-0.3, -0.25) is 0 Å². The molecule has 0 saturated carbocycles. The Hall–Kier alpha value is 0.663. The van der Waals surface area contributed by atoms with Crippen molar-refractivity contribution in [3.05, 3.63) is 6.42 Å². The summed E-state index contributed by atoms with van der Waals surface area (Å²) >= 11 is 0. The molecule has 0 aromatic carbocycles. The van der Waals surface area contributed by atoms with Gasteiger partial charge in [0.05, 0.1) is 0 Å². The molecule has 0 aliphatic rings. The Morgan fingerprint density at radius 2 is 1.60 bits per heavy atom. The normalized spacial score (nSPS) is 1.60. The van der Waals surface area contributed by atoms with Gasteiger partial charge >= 0.3 is 19.5 Å².